The summed E-state index contributed by atoms with van der Waals surface area (Å²) in [6.07, 6.45) is 0.752. The van der Waals surface area contributed by atoms with Crippen molar-refractivity contribution in [1.29, 1.82) is 0 Å². The van der Waals surface area contributed by atoms with Crippen LogP contribution in [-0.4, -0.2) is 6.29 Å². The van der Waals surface area contributed by atoms with Gasteiger partial charge < -0.3 is 0 Å². The molecule has 2 heteroatoms. The molecule has 0 N–H and O–H groups in total. The van der Waals surface area contributed by atoms with Gasteiger partial charge in [-0.05, 0) is 17.7 Å². The maximum atomic E-state index is 10.3. The van der Waals surface area contributed by atoms with Crippen LogP contribution in [-0.2, 0) is 4.79 Å². The van der Waals surface area contributed by atoms with E-state index >= 15 is 0 Å². The number of allylic oxidation sites excluding steroid dienone is 1. The second-order valence-corrected chi connectivity index (χ2v) is 3.07. The Balaban J connectivity index is 3.05. The summed E-state index contributed by atoms with van der Waals surface area (Å²) in [7, 11) is 0. The highest BCUT2D eigenvalue weighted by molar-refractivity contribution is 9.10. The summed E-state index contributed by atoms with van der Waals surface area (Å²) >= 11 is 3.30. The zero-order valence-corrected chi connectivity index (χ0v) is 7.47. The minimum atomic E-state index is 0.506. The summed E-state index contributed by atoms with van der Waals surface area (Å²) in [5, 5.41) is 0. The van der Waals surface area contributed by atoms with E-state index in [1.165, 1.54) is 0 Å². The lowest BCUT2D eigenvalue weighted by atomic mass is 10.1. The Kier molecular flexibility index (Phi) is 2.60. The van der Waals surface area contributed by atoms with Crippen LogP contribution in [0.1, 0.15) is 5.56 Å². The first kappa shape index (κ1) is 8.21. The molecule has 0 atom stereocenters. The molecule has 1 nitrogen and oxygen atoms in total. The lowest BCUT2D eigenvalue weighted by molar-refractivity contribution is -0.103. The van der Waals surface area contributed by atoms with Gasteiger partial charge in [-0.1, -0.05) is 34.6 Å². The monoisotopic (exact) mass is 210 g/mol. The van der Waals surface area contributed by atoms with E-state index in [0.29, 0.717) is 5.57 Å². The Bertz CT molecular complexity index is 291. The molecule has 0 fully saturated rings. The topological polar surface area (TPSA) is 17.1 Å². The predicted molar refractivity (Wildman–Crippen MR) is 49.2 cm³/mol. The number of benzene rings is 1. The minimum absolute atomic E-state index is 0.506. The van der Waals surface area contributed by atoms with Crippen LogP contribution >= 0.6 is 15.9 Å². The molecule has 1 rings (SSSR count). The minimum Gasteiger partial charge on any atom is -0.298 e. The smallest absolute Gasteiger partial charge is 0.150 e. The van der Waals surface area contributed by atoms with Crippen molar-refractivity contribution in [3.8, 4) is 0 Å². The number of carbonyl (C=O) groups is 1. The number of hydrogen-bond donors (Lipinski definition) is 0. The Labute approximate surface area is 73.9 Å². The fourth-order valence-corrected chi connectivity index (χ4v) is 1.16. The van der Waals surface area contributed by atoms with Gasteiger partial charge in [-0.2, -0.15) is 0 Å². The number of rotatable bonds is 2. The van der Waals surface area contributed by atoms with Crippen molar-refractivity contribution in [2.45, 2.75) is 0 Å². The van der Waals surface area contributed by atoms with Crippen molar-refractivity contribution in [2.75, 3.05) is 0 Å². The van der Waals surface area contributed by atoms with E-state index in [1.54, 1.807) is 0 Å². The normalized spacial score (nSPS) is 9.18. The van der Waals surface area contributed by atoms with Gasteiger partial charge in [0.15, 0.2) is 0 Å². The summed E-state index contributed by atoms with van der Waals surface area (Å²) in [6.45, 7) is 3.60. The largest absolute Gasteiger partial charge is 0.298 e. The lowest BCUT2D eigenvalue weighted by Gasteiger charge is -1.97. The Morgan fingerprint density at radius 2 is 2.27 bits per heavy atom. The molecule has 0 amide bonds. The molecule has 0 aromatic heterocycles. The molecular weight excluding hydrogens is 204 g/mol. The predicted octanol–water partition coefficient (Wildman–Crippen LogP) is 2.66. The average Bonchev–Trinajstić information content (AvgIpc) is 2.03. The van der Waals surface area contributed by atoms with Crippen LogP contribution in [0.2, 0.25) is 0 Å². The number of halogens is 1. The van der Waals surface area contributed by atoms with Crippen molar-refractivity contribution >= 4 is 27.8 Å². The summed E-state index contributed by atoms with van der Waals surface area (Å²) < 4.78 is 0.956. The zero-order valence-electron chi connectivity index (χ0n) is 5.88. The summed E-state index contributed by atoms with van der Waals surface area (Å²) in [6, 6.07) is 7.48. The number of hydrogen-bond acceptors (Lipinski definition) is 1. The highest BCUT2D eigenvalue weighted by Crippen LogP contribution is 2.15. The second-order valence-electron chi connectivity index (χ2n) is 2.15. The molecule has 0 aliphatic rings. The van der Waals surface area contributed by atoms with Crippen molar-refractivity contribution in [3.63, 3.8) is 0 Å². The van der Waals surface area contributed by atoms with Crippen LogP contribution < -0.4 is 0 Å². The maximum absolute atomic E-state index is 10.3. The van der Waals surface area contributed by atoms with Gasteiger partial charge in [0.1, 0.15) is 6.29 Å². The van der Waals surface area contributed by atoms with Crippen LogP contribution in [0.25, 0.3) is 5.57 Å². The molecule has 0 aliphatic carbocycles. The third-order valence-corrected chi connectivity index (χ3v) is 1.83. The highest BCUT2D eigenvalue weighted by Gasteiger charge is 1.95. The van der Waals surface area contributed by atoms with E-state index in [9.17, 15) is 4.79 Å². The van der Waals surface area contributed by atoms with E-state index in [1.807, 2.05) is 24.3 Å². The van der Waals surface area contributed by atoms with E-state index in [2.05, 4.69) is 22.5 Å². The zero-order chi connectivity index (χ0) is 8.27. The third kappa shape index (κ3) is 2.02. The lowest BCUT2D eigenvalue weighted by Crippen LogP contribution is -1.81. The molecular formula is C9H7BrO. The van der Waals surface area contributed by atoms with Crippen LogP contribution in [0, 0.1) is 0 Å². The van der Waals surface area contributed by atoms with E-state index in [-0.39, 0.29) is 0 Å². The van der Waals surface area contributed by atoms with Gasteiger partial charge in [-0.3, -0.25) is 4.79 Å². The fraction of sp³-hybridized carbons (Fsp3) is 0. The van der Waals surface area contributed by atoms with Gasteiger partial charge in [0.05, 0.1) is 0 Å². The molecule has 0 heterocycles. The van der Waals surface area contributed by atoms with Crippen molar-refractivity contribution < 1.29 is 4.79 Å². The van der Waals surface area contributed by atoms with Crippen LogP contribution in [0.5, 0.6) is 0 Å². The van der Waals surface area contributed by atoms with Gasteiger partial charge in [0, 0.05) is 10.0 Å². The standard InChI is InChI=1S/C9H7BrO/c1-7(6-11)8-3-2-4-9(10)5-8/h2-6H,1H2. The van der Waals surface area contributed by atoms with Crippen molar-refractivity contribution in [3.05, 3.63) is 40.9 Å². The van der Waals surface area contributed by atoms with Gasteiger partial charge in [0.2, 0.25) is 0 Å². The summed E-state index contributed by atoms with van der Waals surface area (Å²) in [4.78, 5) is 10.3. The first-order valence-corrected chi connectivity index (χ1v) is 3.93. The van der Waals surface area contributed by atoms with Crippen LogP contribution in [0.15, 0.2) is 35.3 Å². The fourth-order valence-electron chi connectivity index (χ4n) is 0.756. The van der Waals surface area contributed by atoms with Crippen LogP contribution in [0.4, 0.5) is 0 Å². The second kappa shape index (κ2) is 3.49. The summed E-state index contributed by atoms with van der Waals surface area (Å²) in [5.74, 6) is 0. The van der Waals surface area contributed by atoms with Gasteiger partial charge in [-0.15, -0.1) is 0 Å². The first-order valence-electron chi connectivity index (χ1n) is 3.14. The molecule has 11 heavy (non-hydrogen) atoms. The van der Waals surface area contributed by atoms with Gasteiger partial charge in [-0.25, -0.2) is 0 Å². The number of carbonyl (C=O) groups excluding carboxylic acids is 1. The van der Waals surface area contributed by atoms with Gasteiger partial charge >= 0.3 is 0 Å². The van der Waals surface area contributed by atoms with Crippen molar-refractivity contribution in [2.24, 2.45) is 0 Å². The Morgan fingerprint density at radius 1 is 1.55 bits per heavy atom. The Morgan fingerprint density at radius 3 is 2.82 bits per heavy atom. The average molecular weight is 211 g/mol. The first-order chi connectivity index (χ1) is 5.24. The van der Waals surface area contributed by atoms with Gasteiger partial charge in [0.25, 0.3) is 0 Å². The molecule has 0 radical (unpaired) electrons. The maximum Gasteiger partial charge on any atom is 0.150 e. The van der Waals surface area contributed by atoms with Crippen LogP contribution in [0.3, 0.4) is 0 Å². The molecule has 56 valence electrons. The molecule has 0 saturated heterocycles. The molecule has 0 aliphatic heterocycles. The SMILES string of the molecule is C=C(C=O)c1cccc(Br)c1. The molecule has 0 bridgehead atoms. The van der Waals surface area contributed by atoms with E-state index in [4.69, 9.17) is 0 Å². The van der Waals surface area contributed by atoms with Crippen molar-refractivity contribution in [1.82, 2.24) is 0 Å². The van der Waals surface area contributed by atoms with E-state index in [0.717, 1.165) is 16.3 Å². The molecule has 0 saturated carbocycles. The molecule has 1 aromatic carbocycles. The van der Waals surface area contributed by atoms with E-state index < -0.39 is 0 Å². The molecule has 1 aromatic rings. The summed E-state index contributed by atoms with van der Waals surface area (Å²) in [5.41, 5.74) is 1.36. The highest BCUT2D eigenvalue weighted by atomic mass is 79.9. The molecule has 0 unspecified atom stereocenters. The molecule has 0 spiro atoms. The number of aldehydes is 1. The Hall–Kier alpha value is -0.890. The quantitative estimate of drug-likeness (QED) is 0.542. The third-order valence-electron chi connectivity index (χ3n) is 1.34.